The van der Waals surface area contributed by atoms with E-state index < -0.39 is 19.8 Å². The molecule has 6 N–H and O–H groups in total. The van der Waals surface area contributed by atoms with E-state index in [-0.39, 0.29) is 19.2 Å². The second-order valence-electron chi connectivity index (χ2n) is 9.53. The molecule has 0 spiro atoms. The van der Waals surface area contributed by atoms with Crippen LogP contribution in [0, 0.1) is 0 Å². The molecular weight excluding hydrogens is 479 g/mol. The molecule has 36 heavy (non-hydrogen) atoms. The molecule has 0 rings (SSSR count). The summed E-state index contributed by atoms with van der Waals surface area (Å²) in [5.41, 5.74) is 16.5. The number of nitrogens with zero attached hydrogens (tertiary/aromatic N) is 1. The van der Waals surface area contributed by atoms with Crippen molar-refractivity contribution in [3.63, 3.8) is 0 Å². The number of hydrogen-bond acceptors (Lipinski definition) is 7. The number of unbranched alkanes of at least 4 members (excludes halogenated alkanes) is 14. The molecule has 0 heterocycles. The largest absolute Gasteiger partial charge is 0.532 e. The second-order valence-corrected chi connectivity index (χ2v) is 11.1. The SMILES string of the molecule is CCCCCCCCCCOP(=O)(OCCCCCCCCCC)OC(=O)[C@@H](N)CCCN=C(N)N. The lowest BCUT2D eigenvalue weighted by atomic mass is 10.1. The van der Waals surface area contributed by atoms with Gasteiger partial charge < -0.3 is 21.7 Å². The topological polar surface area (TPSA) is 152 Å². The number of phosphoric acid groups is 1. The maximum atomic E-state index is 13.2. The number of guanidine groups is 1. The molecule has 0 radical (unpaired) electrons. The van der Waals surface area contributed by atoms with Gasteiger partial charge in [0, 0.05) is 6.54 Å². The van der Waals surface area contributed by atoms with Crippen LogP contribution >= 0.6 is 7.82 Å². The van der Waals surface area contributed by atoms with Gasteiger partial charge in [0.25, 0.3) is 0 Å². The Labute approximate surface area is 220 Å². The Morgan fingerprint density at radius 3 is 1.56 bits per heavy atom. The summed E-state index contributed by atoms with van der Waals surface area (Å²) < 4.78 is 29.4. The van der Waals surface area contributed by atoms with E-state index in [1.165, 1.54) is 64.2 Å². The molecule has 0 aliphatic heterocycles. The number of hydrogen-bond donors (Lipinski definition) is 3. The van der Waals surface area contributed by atoms with Gasteiger partial charge in [0.15, 0.2) is 5.96 Å². The first kappa shape index (κ1) is 34.9. The van der Waals surface area contributed by atoms with Crippen molar-refractivity contribution < 1.29 is 22.9 Å². The summed E-state index contributed by atoms with van der Waals surface area (Å²) >= 11 is 0. The van der Waals surface area contributed by atoms with Gasteiger partial charge in [-0.05, 0) is 25.7 Å². The molecule has 0 saturated heterocycles. The zero-order valence-corrected chi connectivity index (χ0v) is 24.0. The molecular formula is C26H55N4O5P. The van der Waals surface area contributed by atoms with E-state index in [0.29, 0.717) is 19.4 Å². The third-order valence-electron chi connectivity index (χ3n) is 5.97. The van der Waals surface area contributed by atoms with Gasteiger partial charge >= 0.3 is 13.8 Å². The number of phosphoric ester groups is 1. The fourth-order valence-corrected chi connectivity index (χ4v) is 4.97. The highest BCUT2D eigenvalue weighted by atomic mass is 31.2. The monoisotopic (exact) mass is 534 g/mol. The van der Waals surface area contributed by atoms with E-state index >= 15 is 0 Å². The molecule has 0 aliphatic rings. The predicted octanol–water partition coefficient (Wildman–Crippen LogP) is 6.33. The zero-order valence-electron chi connectivity index (χ0n) is 23.1. The highest BCUT2D eigenvalue weighted by molar-refractivity contribution is 7.49. The quantitative estimate of drug-likeness (QED) is 0.0503. The van der Waals surface area contributed by atoms with Crippen molar-refractivity contribution >= 4 is 19.8 Å². The summed E-state index contributed by atoms with van der Waals surface area (Å²) in [4.78, 5) is 16.3. The number of nitrogens with two attached hydrogens (primary N) is 3. The van der Waals surface area contributed by atoms with E-state index in [9.17, 15) is 9.36 Å². The van der Waals surface area contributed by atoms with E-state index in [4.69, 9.17) is 30.8 Å². The van der Waals surface area contributed by atoms with Crippen LogP contribution in [-0.2, 0) is 22.9 Å². The number of carbonyl (C=O) groups excluding carboxylic acids is 1. The summed E-state index contributed by atoms with van der Waals surface area (Å²) in [6, 6.07) is -0.953. The zero-order chi connectivity index (χ0) is 26.9. The Hall–Kier alpha value is -1.15. The average Bonchev–Trinajstić information content (AvgIpc) is 2.84. The first-order valence-corrected chi connectivity index (χ1v) is 15.7. The van der Waals surface area contributed by atoms with Gasteiger partial charge in [-0.2, -0.15) is 0 Å². The third kappa shape index (κ3) is 22.1. The normalized spacial score (nSPS) is 12.4. The minimum atomic E-state index is -4.02. The number of carbonyl (C=O) groups is 1. The van der Waals surface area contributed by atoms with Crippen LogP contribution in [0.4, 0.5) is 0 Å². The van der Waals surface area contributed by atoms with Crippen LogP contribution in [0.2, 0.25) is 0 Å². The molecule has 0 saturated carbocycles. The van der Waals surface area contributed by atoms with Crippen LogP contribution in [0.15, 0.2) is 4.99 Å². The minimum Gasteiger partial charge on any atom is -0.370 e. The molecule has 0 aromatic carbocycles. The minimum absolute atomic E-state index is 0.0145. The molecule has 1 atom stereocenters. The summed E-state index contributed by atoms with van der Waals surface area (Å²) in [7, 11) is -4.02. The Morgan fingerprint density at radius 1 is 0.722 bits per heavy atom. The summed E-state index contributed by atoms with van der Waals surface area (Å²) in [5.74, 6) is -0.811. The summed E-state index contributed by atoms with van der Waals surface area (Å²) in [6.45, 7) is 5.20. The van der Waals surface area contributed by atoms with Crippen molar-refractivity contribution in [3.05, 3.63) is 0 Å². The fraction of sp³-hybridized carbons (Fsp3) is 0.923. The van der Waals surface area contributed by atoms with Crippen LogP contribution in [0.25, 0.3) is 0 Å². The van der Waals surface area contributed by atoms with Gasteiger partial charge in [-0.1, -0.05) is 104 Å². The van der Waals surface area contributed by atoms with Crippen LogP contribution in [0.1, 0.15) is 129 Å². The standard InChI is InChI=1S/C26H55N4O5P/c1-3-5-7-9-11-13-15-17-22-33-36(32,34-23-18-16-14-12-10-8-6-4-2)35-25(31)24(27)20-19-21-30-26(28)29/h24H,3-23,27H2,1-2H3,(H4,28,29,30)/t24-/m0/s1. The van der Waals surface area contributed by atoms with Crippen LogP contribution in [0.3, 0.4) is 0 Å². The van der Waals surface area contributed by atoms with Gasteiger partial charge in [-0.15, -0.1) is 0 Å². The van der Waals surface area contributed by atoms with Crippen LogP contribution in [0.5, 0.6) is 0 Å². The van der Waals surface area contributed by atoms with E-state index in [1.807, 2.05) is 0 Å². The maximum Gasteiger partial charge on any atom is 0.532 e. The molecule has 0 aliphatic carbocycles. The van der Waals surface area contributed by atoms with Crippen molar-refractivity contribution in [1.82, 2.24) is 0 Å². The number of rotatable bonds is 26. The third-order valence-corrected chi connectivity index (χ3v) is 7.37. The Balaban J connectivity index is 4.47. The van der Waals surface area contributed by atoms with Crippen LogP contribution in [-0.4, -0.2) is 37.7 Å². The predicted molar refractivity (Wildman–Crippen MR) is 149 cm³/mol. The summed E-state index contributed by atoms with van der Waals surface area (Å²) in [6.07, 6.45) is 18.9. The molecule has 214 valence electrons. The van der Waals surface area contributed by atoms with Gasteiger partial charge in [0.2, 0.25) is 0 Å². The Kier molecular flexibility index (Phi) is 23.4. The van der Waals surface area contributed by atoms with Gasteiger partial charge in [0.05, 0.1) is 13.2 Å². The maximum absolute atomic E-state index is 13.2. The lowest BCUT2D eigenvalue weighted by Gasteiger charge is -2.19. The number of aliphatic imine (C=N–C) groups is 1. The lowest BCUT2D eigenvalue weighted by molar-refractivity contribution is -0.138. The van der Waals surface area contributed by atoms with Crippen molar-refractivity contribution in [1.29, 1.82) is 0 Å². The smallest absolute Gasteiger partial charge is 0.370 e. The van der Waals surface area contributed by atoms with E-state index in [2.05, 4.69) is 18.8 Å². The highest BCUT2D eigenvalue weighted by Gasteiger charge is 2.33. The van der Waals surface area contributed by atoms with Crippen molar-refractivity contribution in [3.8, 4) is 0 Å². The molecule has 0 unspecified atom stereocenters. The molecule has 0 bridgehead atoms. The Bertz CT molecular complexity index is 577. The van der Waals surface area contributed by atoms with E-state index in [0.717, 1.165) is 38.5 Å². The molecule has 0 aromatic rings. The van der Waals surface area contributed by atoms with Crippen molar-refractivity contribution in [2.75, 3.05) is 19.8 Å². The first-order chi connectivity index (χ1) is 17.3. The van der Waals surface area contributed by atoms with Gasteiger partial charge in [0.1, 0.15) is 6.04 Å². The molecule has 0 amide bonds. The van der Waals surface area contributed by atoms with Crippen molar-refractivity contribution in [2.24, 2.45) is 22.2 Å². The van der Waals surface area contributed by atoms with Crippen molar-refractivity contribution in [2.45, 2.75) is 135 Å². The first-order valence-electron chi connectivity index (χ1n) is 14.3. The lowest BCUT2D eigenvalue weighted by Crippen LogP contribution is -2.32. The van der Waals surface area contributed by atoms with Crippen LogP contribution < -0.4 is 17.2 Å². The summed E-state index contributed by atoms with van der Waals surface area (Å²) in [5, 5.41) is 0. The fourth-order valence-electron chi connectivity index (χ4n) is 3.73. The molecule has 10 heteroatoms. The van der Waals surface area contributed by atoms with Gasteiger partial charge in [-0.3, -0.25) is 14.0 Å². The molecule has 0 fully saturated rings. The highest BCUT2D eigenvalue weighted by Crippen LogP contribution is 2.50. The second kappa shape index (κ2) is 24.2. The molecule has 9 nitrogen and oxygen atoms in total. The molecule has 0 aromatic heterocycles. The van der Waals surface area contributed by atoms with Gasteiger partial charge in [-0.25, -0.2) is 9.36 Å². The van der Waals surface area contributed by atoms with E-state index in [1.54, 1.807) is 0 Å². The Morgan fingerprint density at radius 2 is 1.14 bits per heavy atom. The average molecular weight is 535 g/mol.